The Morgan fingerprint density at radius 3 is 2.58 bits per heavy atom. The molecule has 2 aromatic carbocycles. The van der Waals surface area contributed by atoms with Crippen LogP contribution in [0.4, 0.5) is 4.39 Å². The minimum Gasteiger partial charge on any atom is -0.469 e. The number of hydrogen-bond acceptors (Lipinski definition) is 4. The van der Waals surface area contributed by atoms with Gasteiger partial charge in [0.05, 0.1) is 13.0 Å². The molecule has 138 valence electrons. The van der Waals surface area contributed by atoms with Crippen LogP contribution in [0, 0.1) is 5.82 Å². The number of unbranched alkanes of at least 4 members (excludes halogenated alkanes) is 1. The van der Waals surface area contributed by atoms with Gasteiger partial charge in [0, 0.05) is 12.0 Å². The highest BCUT2D eigenvalue weighted by Crippen LogP contribution is 2.29. The molecule has 0 bridgehead atoms. The summed E-state index contributed by atoms with van der Waals surface area (Å²) in [6.45, 7) is 3.66. The van der Waals surface area contributed by atoms with Crippen molar-refractivity contribution in [2.45, 2.75) is 39.0 Å². The number of esters is 2. The predicted octanol–water partition coefficient (Wildman–Crippen LogP) is 4.86. The fourth-order valence-electron chi connectivity index (χ4n) is 2.58. The van der Waals surface area contributed by atoms with Gasteiger partial charge in [0.2, 0.25) is 0 Å². The van der Waals surface area contributed by atoms with Crippen molar-refractivity contribution in [2.75, 3.05) is 7.11 Å². The van der Waals surface area contributed by atoms with Crippen molar-refractivity contribution >= 4 is 11.9 Å². The first-order valence-corrected chi connectivity index (χ1v) is 8.64. The third-order valence-corrected chi connectivity index (χ3v) is 4.16. The van der Waals surface area contributed by atoms with Gasteiger partial charge in [-0.1, -0.05) is 37.6 Å². The lowest BCUT2D eigenvalue weighted by molar-refractivity contribution is -0.142. The molecular weight excluding hydrogens is 335 g/mol. The van der Waals surface area contributed by atoms with E-state index < -0.39 is 17.7 Å². The van der Waals surface area contributed by atoms with Crippen molar-refractivity contribution in [3.8, 4) is 16.9 Å². The monoisotopic (exact) mass is 358 g/mol. The van der Waals surface area contributed by atoms with Crippen LogP contribution in [0.25, 0.3) is 11.1 Å². The highest BCUT2D eigenvalue weighted by Gasteiger charge is 2.18. The molecule has 5 heteroatoms. The van der Waals surface area contributed by atoms with E-state index in [0.29, 0.717) is 28.9 Å². The van der Waals surface area contributed by atoms with E-state index in [1.165, 1.54) is 13.2 Å². The summed E-state index contributed by atoms with van der Waals surface area (Å²) < 4.78 is 24.6. The zero-order chi connectivity index (χ0) is 19.1. The third kappa shape index (κ3) is 4.91. The van der Waals surface area contributed by atoms with E-state index in [2.05, 4.69) is 0 Å². The zero-order valence-electron chi connectivity index (χ0n) is 15.3. The molecule has 4 nitrogen and oxygen atoms in total. The minimum atomic E-state index is -0.547. The van der Waals surface area contributed by atoms with E-state index in [1.54, 1.807) is 43.3 Å². The first-order valence-electron chi connectivity index (χ1n) is 8.64. The Kier molecular flexibility index (Phi) is 6.89. The second-order valence-corrected chi connectivity index (χ2v) is 6.09. The van der Waals surface area contributed by atoms with Gasteiger partial charge in [0.15, 0.2) is 0 Å². The van der Waals surface area contributed by atoms with Gasteiger partial charge in [0.25, 0.3) is 0 Å². The van der Waals surface area contributed by atoms with Crippen molar-refractivity contribution < 1.29 is 23.5 Å². The molecule has 1 atom stereocenters. The largest absolute Gasteiger partial charge is 0.469 e. The second kappa shape index (κ2) is 9.13. The van der Waals surface area contributed by atoms with Gasteiger partial charge in [-0.2, -0.15) is 0 Å². The molecule has 0 aliphatic heterocycles. The van der Waals surface area contributed by atoms with E-state index >= 15 is 0 Å². The average molecular weight is 358 g/mol. The first-order chi connectivity index (χ1) is 12.5. The zero-order valence-corrected chi connectivity index (χ0v) is 15.3. The number of methoxy groups -OCH3 is 1. The molecule has 0 aliphatic carbocycles. The lowest BCUT2D eigenvalue weighted by atomic mass is 9.97. The van der Waals surface area contributed by atoms with E-state index in [0.717, 1.165) is 12.8 Å². The van der Waals surface area contributed by atoms with E-state index in [9.17, 15) is 14.0 Å². The SMILES string of the molecule is CCCCC(=O)Oc1cccc(-c2ccc(C(C)C(=O)OC)cc2F)c1. The van der Waals surface area contributed by atoms with Crippen molar-refractivity contribution in [1.29, 1.82) is 0 Å². The minimum absolute atomic E-state index is 0.299. The maximum Gasteiger partial charge on any atom is 0.312 e. The normalized spacial score (nSPS) is 11.7. The number of ether oxygens (including phenoxy) is 2. The van der Waals surface area contributed by atoms with E-state index in [4.69, 9.17) is 9.47 Å². The molecule has 0 radical (unpaired) electrons. The Hall–Kier alpha value is -2.69. The predicted molar refractivity (Wildman–Crippen MR) is 97.4 cm³/mol. The number of halogens is 1. The molecule has 2 rings (SSSR count). The van der Waals surface area contributed by atoms with Crippen molar-refractivity contribution in [3.63, 3.8) is 0 Å². The number of carbonyl (C=O) groups is 2. The second-order valence-electron chi connectivity index (χ2n) is 6.09. The molecule has 0 N–H and O–H groups in total. The smallest absolute Gasteiger partial charge is 0.312 e. The molecule has 1 unspecified atom stereocenters. The Balaban J connectivity index is 2.22. The summed E-state index contributed by atoms with van der Waals surface area (Å²) in [6.07, 6.45) is 2.04. The molecule has 0 amide bonds. The van der Waals surface area contributed by atoms with Crippen LogP contribution in [0.2, 0.25) is 0 Å². The fourth-order valence-corrected chi connectivity index (χ4v) is 2.58. The number of benzene rings is 2. The average Bonchev–Trinajstić information content (AvgIpc) is 2.65. The van der Waals surface area contributed by atoms with Gasteiger partial charge >= 0.3 is 11.9 Å². The molecular formula is C21H23FO4. The lowest BCUT2D eigenvalue weighted by Crippen LogP contribution is -2.11. The topological polar surface area (TPSA) is 52.6 Å². The summed E-state index contributed by atoms with van der Waals surface area (Å²) in [5.74, 6) is -1.33. The molecule has 0 heterocycles. The van der Waals surface area contributed by atoms with Crippen molar-refractivity contribution in [3.05, 3.63) is 53.8 Å². The Labute approximate surface area is 152 Å². The summed E-state index contributed by atoms with van der Waals surface area (Å²) in [5, 5.41) is 0. The third-order valence-electron chi connectivity index (χ3n) is 4.16. The van der Waals surface area contributed by atoms with Crippen molar-refractivity contribution in [1.82, 2.24) is 0 Å². The molecule has 26 heavy (non-hydrogen) atoms. The molecule has 0 aliphatic rings. The van der Waals surface area contributed by atoms with Crippen molar-refractivity contribution in [2.24, 2.45) is 0 Å². The number of carbonyl (C=O) groups excluding carboxylic acids is 2. The number of rotatable bonds is 7. The maximum absolute atomic E-state index is 14.6. The van der Waals surface area contributed by atoms with Gasteiger partial charge < -0.3 is 9.47 Å². The van der Waals surface area contributed by atoms with E-state index in [1.807, 2.05) is 6.92 Å². The highest BCUT2D eigenvalue weighted by atomic mass is 19.1. The summed E-state index contributed by atoms with van der Waals surface area (Å²) in [7, 11) is 1.30. The molecule has 0 saturated heterocycles. The summed E-state index contributed by atoms with van der Waals surface area (Å²) in [6, 6.07) is 11.4. The van der Waals surface area contributed by atoms with Gasteiger partial charge in [-0.3, -0.25) is 9.59 Å². The summed E-state index contributed by atoms with van der Waals surface area (Å²) >= 11 is 0. The van der Waals surface area contributed by atoms with Crippen LogP contribution >= 0.6 is 0 Å². The molecule has 0 spiro atoms. The van der Waals surface area contributed by atoms with Crippen LogP contribution in [0.3, 0.4) is 0 Å². The lowest BCUT2D eigenvalue weighted by Gasteiger charge is -2.12. The highest BCUT2D eigenvalue weighted by molar-refractivity contribution is 5.78. The van der Waals surface area contributed by atoms with Gasteiger partial charge in [-0.05, 0) is 42.7 Å². The van der Waals surface area contributed by atoms with Gasteiger partial charge in [-0.25, -0.2) is 4.39 Å². The fraction of sp³-hybridized carbons (Fsp3) is 0.333. The summed E-state index contributed by atoms with van der Waals surface area (Å²) in [4.78, 5) is 23.4. The molecule has 0 fully saturated rings. The Morgan fingerprint density at radius 1 is 1.15 bits per heavy atom. The maximum atomic E-state index is 14.6. The van der Waals surface area contributed by atoms with Crippen LogP contribution in [-0.4, -0.2) is 19.0 Å². The van der Waals surface area contributed by atoms with Crippen LogP contribution in [-0.2, 0) is 14.3 Å². The molecule has 2 aromatic rings. The first kappa shape index (κ1) is 19.6. The Bertz CT molecular complexity index is 785. The summed E-state index contributed by atoms with van der Waals surface area (Å²) in [5.41, 5.74) is 1.51. The van der Waals surface area contributed by atoms with E-state index in [-0.39, 0.29) is 5.97 Å². The standard InChI is InChI=1S/C21H23FO4/c1-4-5-9-20(23)26-17-8-6-7-16(12-17)18-11-10-15(13-19(18)22)14(2)21(24)25-3/h6-8,10-14H,4-5,9H2,1-3H3. The van der Waals surface area contributed by atoms with Gasteiger partial charge in [0.1, 0.15) is 11.6 Å². The van der Waals surface area contributed by atoms with Gasteiger partial charge in [-0.15, -0.1) is 0 Å². The van der Waals surface area contributed by atoms with Crippen LogP contribution in [0.15, 0.2) is 42.5 Å². The molecule has 0 aromatic heterocycles. The number of hydrogen-bond donors (Lipinski definition) is 0. The quantitative estimate of drug-likeness (QED) is 0.524. The van der Waals surface area contributed by atoms with Crippen LogP contribution in [0.1, 0.15) is 44.6 Å². The van der Waals surface area contributed by atoms with Crippen LogP contribution in [0.5, 0.6) is 5.75 Å². The molecule has 0 saturated carbocycles. The Morgan fingerprint density at radius 2 is 1.92 bits per heavy atom. The van der Waals surface area contributed by atoms with Crippen LogP contribution < -0.4 is 4.74 Å².